The fourth-order valence-electron chi connectivity index (χ4n) is 1.15. The molecule has 0 bridgehead atoms. The maximum atomic E-state index is 10.5. The summed E-state index contributed by atoms with van der Waals surface area (Å²) in [6, 6.07) is 0. The number of nitroso groups, excluding NO2 is 2. The van der Waals surface area contributed by atoms with Gasteiger partial charge in [0, 0.05) is 0 Å². The van der Waals surface area contributed by atoms with Gasteiger partial charge in [0.15, 0.2) is 11.6 Å². The maximum Gasteiger partial charge on any atom is 1.00 e. The van der Waals surface area contributed by atoms with Gasteiger partial charge in [0.05, 0.1) is 0 Å². The Labute approximate surface area is 162 Å². The van der Waals surface area contributed by atoms with Crippen LogP contribution in [0.4, 0.5) is 23.0 Å². The van der Waals surface area contributed by atoms with Gasteiger partial charge in [-0.05, 0) is 10.4 Å². The molecule has 0 radical (unpaired) electrons. The Kier molecular flexibility index (Phi) is 10.4. The summed E-state index contributed by atoms with van der Waals surface area (Å²) in [6.45, 7) is 0. The van der Waals surface area contributed by atoms with Crippen molar-refractivity contribution in [2.45, 2.75) is 0 Å². The van der Waals surface area contributed by atoms with Crippen molar-refractivity contribution in [3.63, 3.8) is 0 Å². The second-order valence-corrected chi connectivity index (χ2v) is 3.48. The number of nitrogens with zero attached hydrogens (tertiary/aromatic N) is 4. The molecule has 0 aromatic carbocycles. The molecule has 0 fully saturated rings. The Hall–Kier alpha value is -2.36. The van der Waals surface area contributed by atoms with Gasteiger partial charge in [-0.15, -0.1) is 9.81 Å². The van der Waals surface area contributed by atoms with Crippen LogP contribution in [-0.2, 0) is 44.8 Å². The van der Waals surface area contributed by atoms with E-state index in [2.05, 4.69) is 20.3 Å². The normalized spacial score (nSPS) is 8.67. The van der Waals surface area contributed by atoms with E-state index in [1.807, 2.05) is 9.97 Å². The van der Waals surface area contributed by atoms with Gasteiger partial charge in [0.25, 0.3) is 11.4 Å². The minimum Gasteiger partial charge on any atom is -0.578 e. The van der Waals surface area contributed by atoms with Crippen LogP contribution in [0.5, 0.6) is 11.8 Å². The molecule has 14 nitrogen and oxygen atoms in total. The maximum absolute atomic E-state index is 10.5. The van der Waals surface area contributed by atoms with Crippen molar-refractivity contribution >= 4 is 23.0 Å². The van der Waals surface area contributed by atoms with Gasteiger partial charge in [0.2, 0.25) is 0 Å². The Morgan fingerprint density at radius 2 is 1.08 bits per heavy atom. The van der Waals surface area contributed by atoms with Crippen LogP contribution in [0.2, 0.25) is 0 Å². The fourth-order valence-corrected chi connectivity index (χ4v) is 1.15. The molecule has 0 saturated carbocycles. The molecule has 0 spiro atoms. The quantitative estimate of drug-likeness (QED) is 0.199. The fraction of sp³-hybridized carbons (Fsp3) is 0. The monoisotopic (exact) mass is 528 g/mol. The second-order valence-electron chi connectivity index (χ2n) is 3.48. The third-order valence-corrected chi connectivity index (χ3v) is 2.05. The van der Waals surface area contributed by atoms with E-state index in [-0.39, 0.29) is 67.8 Å². The number of hydrogen-bond donors (Lipinski definition) is 4. The summed E-state index contributed by atoms with van der Waals surface area (Å²) < 4.78 is 0. The van der Waals surface area contributed by atoms with Gasteiger partial charge in [-0.2, -0.15) is 9.97 Å². The van der Waals surface area contributed by atoms with E-state index in [0.717, 1.165) is 0 Å². The van der Waals surface area contributed by atoms with Gasteiger partial charge in [-0.1, -0.05) is 0 Å². The van der Waals surface area contributed by atoms with Crippen LogP contribution < -0.4 is 22.8 Å². The molecule has 2 aromatic heterocycles. The van der Waals surface area contributed by atoms with Gasteiger partial charge in [0.1, 0.15) is 0 Å². The largest absolute Gasteiger partial charge is 1.00 e. The van der Waals surface area contributed by atoms with E-state index >= 15 is 0 Å². The van der Waals surface area contributed by atoms with E-state index in [1.165, 1.54) is 0 Å². The molecule has 2 rings (SSSR count). The van der Waals surface area contributed by atoms with Crippen molar-refractivity contribution in [2.24, 2.45) is 10.4 Å². The average molecular weight is 530 g/mol. The first-order valence-electron chi connectivity index (χ1n) is 5.19. The Balaban J connectivity index is 0. The van der Waals surface area contributed by atoms with Crippen LogP contribution in [0.25, 0.3) is 0 Å². The molecular formula is C8H10Ag2N8O6+4. The van der Waals surface area contributed by atoms with Crippen molar-refractivity contribution in [1.82, 2.24) is 19.9 Å². The molecule has 0 aliphatic carbocycles. The van der Waals surface area contributed by atoms with Gasteiger partial charge in [-0.3, -0.25) is 0 Å². The zero-order valence-corrected chi connectivity index (χ0v) is 14.1. The summed E-state index contributed by atoms with van der Waals surface area (Å²) in [6.07, 6.45) is 0. The summed E-state index contributed by atoms with van der Waals surface area (Å²) >= 11 is 0. The summed E-state index contributed by atoms with van der Waals surface area (Å²) in [5.41, 5.74) is 7.96. The van der Waals surface area contributed by atoms with Crippen molar-refractivity contribution in [3.05, 3.63) is 30.8 Å². The van der Waals surface area contributed by atoms with E-state index in [0.29, 0.717) is 0 Å². The SMILES string of the molecule is Nc1nc(=O)[nH]c([OH2+])c1N=O.Nc1nc(=O)[nH]c([OH2+])c1N=O.[Ag+].[Ag+]. The number of nitrogens with one attached hydrogen (secondary N) is 2. The Morgan fingerprint density at radius 3 is 1.29 bits per heavy atom. The Bertz CT molecular complexity index is 714. The molecule has 0 amide bonds. The summed E-state index contributed by atoms with van der Waals surface area (Å²) in [5, 5.41) is 18.8. The van der Waals surface area contributed by atoms with Gasteiger partial charge < -0.3 is 21.7 Å². The van der Waals surface area contributed by atoms with E-state index in [4.69, 9.17) is 21.7 Å². The number of rotatable bonds is 2. The molecule has 0 atom stereocenters. The molecule has 0 saturated heterocycles. The molecule has 10 N–H and O–H groups in total. The predicted octanol–water partition coefficient (Wildman–Crippen LogP) is -1.63. The van der Waals surface area contributed by atoms with E-state index < -0.39 is 23.1 Å². The molecule has 0 aliphatic rings. The summed E-state index contributed by atoms with van der Waals surface area (Å²) in [7, 11) is 0. The van der Waals surface area contributed by atoms with Crippen LogP contribution in [0.3, 0.4) is 0 Å². The number of aromatic amines is 2. The topological polar surface area (TPSA) is 248 Å². The van der Waals surface area contributed by atoms with Crippen molar-refractivity contribution in [2.75, 3.05) is 11.5 Å². The molecule has 136 valence electrons. The minimum atomic E-state index is -0.764. The van der Waals surface area contributed by atoms with Gasteiger partial charge in [-0.25, -0.2) is 19.6 Å². The van der Waals surface area contributed by atoms with Crippen molar-refractivity contribution in [1.29, 1.82) is 0 Å². The van der Waals surface area contributed by atoms with Crippen molar-refractivity contribution in [3.8, 4) is 11.8 Å². The number of anilines is 2. The molecule has 2 heterocycles. The molecule has 24 heavy (non-hydrogen) atoms. The summed E-state index contributed by atoms with van der Waals surface area (Å²) in [4.78, 5) is 51.1. The molecule has 0 unspecified atom stereocenters. The predicted molar refractivity (Wildman–Crippen MR) is 75.6 cm³/mol. The van der Waals surface area contributed by atoms with E-state index in [1.54, 1.807) is 0 Å². The smallest absolute Gasteiger partial charge is 0.578 e. The Morgan fingerprint density at radius 1 is 0.792 bits per heavy atom. The number of hydrogen-bond acceptors (Lipinski definition) is 10. The first-order chi connectivity index (χ1) is 10.3. The number of nitrogen functional groups attached to an aromatic ring is 2. The molecular weight excluding hydrogens is 520 g/mol. The second kappa shape index (κ2) is 10.4. The average Bonchev–Trinajstić information content (AvgIpc) is 2.38. The minimum absolute atomic E-state index is 0. The number of aromatic nitrogens is 4. The van der Waals surface area contributed by atoms with Crippen LogP contribution in [0.15, 0.2) is 19.9 Å². The third-order valence-electron chi connectivity index (χ3n) is 2.05. The van der Waals surface area contributed by atoms with Crippen LogP contribution in [0.1, 0.15) is 0 Å². The zero-order chi connectivity index (χ0) is 16.9. The van der Waals surface area contributed by atoms with Gasteiger partial charge >= 0.3 is 67.9 Å². The molecule has 0 aliphatic heterocycles. The standard InChI is InChI=1S/2C4H4N4O3.2Ag/c2*5-2-1(8-11)3(9)7-4(10)6-2;;/h2*(H4,5,6,7,9,10);;/q;;2*+1/p+2. The van der Waals surface area contributed by atoms with Crippen LogP contribution >= 0.6 is 0 Å². The number of H-pyrrole nitrogens is 2. The van der Waals surface area contributed by atoms with Crippen molar-refractivity contribution < 1.29 is 55.0 Å². The first kappa shape index (κ1) is 23.9. The molecule has 16 heteroatoms. The number of nitrogens with two attached hydrogens (primary N) is 2. The van der Waals surface area contributed by atoms with Crippen LogP contribution in [0, 0.1) is 9.81 Å². The third kappa shape index (κ3) is 6.03. The first-order valence-corrected chi connectivity index (χ1v) is 5.19. The van der Waals surface area contributed by atoms with E-state index in [9.17, 15) is 19.4 Å². The molecule has 2 aromatic rings. The summed E-state index contributed by atoms with van der Waals surface area (Å²) in [5.74, 6) is -1.49. The van der Waals surface area contributed by atoms with Crippen LogP contribution in [-0.4, -0.2) is 30.1 Å². The zero-order valence-electron chi connectivity index (χ0n) is 11.2.